The van der Waals surface area contributed by atoms with E-state index in [1.807, 2.05) is 20.8 Å². The van der Waals surface area contributed by atoms with Gasteiger partial charge in [0.2, 0.25) is 0 Å². The fraction of sp³-hybridized carbons (Fsp3) is 0.556. The molecule has 3 rings (SSSR count). The van der Waals surface area contributed by atoms with Crippen molar-refractivity contribution in [2.45, 2.75) is 56.0 Å². The van der Waals surface area contributed by atoms with Gasteiger partial charge in [0.05, 0.1) is 31.7 Å². The highest BCUT2D eigenvalue weighted by Crippen LogP contribution is 2.29. The van der Waals surface area contributed by atoms with Gasteiger partial charge < -0.3 is 9.64 Å². The molecule has 1 fully saturated rings. The van der Waals surface area contributed by atoms with Crippen LogP contribution in [0.3, 0.4) is 0 Å². The number of carbonyl (C=O) groups excluding carboxylic acids is 1. The Morgan fingerprint density at radius 3 is 2.86 bits per heavy atom. The monoisotopic (exact) mass is 425 g/mol. The zero-order valence-electron chi connectivity index (χ0n) is 16.0. The van der Waals surface area contributed by atoms with Gasteiger partial charge in [-0.15, -0.1) is 11.3 Å². The van der Waals surface area contributed by atoms with Crippen LogP contribution in [0.5, 0.6) is 0 Å². The standard InChI is InChI=1S/C18H23N3O5S2/c1-18(2,3)26-17(22)20-9-5-4-6-13(20)11-28(25)16-19-14-10-12(21(23)24)7-8-15(14)27-16/h7-8,10,13H,4-6,9,11H2,1-3H3. The summed E-state index contributed by atoms with van der Waals surface area (Å²) in [6, 6.07) is 4.25. The van der Waals surface area contributed by atoms with Crippen LogP contribution >= 0.6 is 11.3 Å². The Kier molecular flexibility index (Phi) is 5.99. The molecule has 1 saturated heterocycles. The Hall–Kier alpha value is -2.07. The van der Waals surface area contributed by atoms with Crippen molar-refractivity contribution in [1.29, 1.82) is 0 Å². The molecule has 1 aromatic carbocycles. The van der Waals surface area contributed by atoms with Gasteiger partial charge >= 0.3 is 6.09 Å². The Labute approximate surface area is 169 Å². The molecule has 28 heavy (non-hydrogen) atoms. The van der Waals surface area contributed by atoms with E-state index in [4.69, 9.17) is 4.74 Å². The Morgan fingerprint density at radius 1 is 1.43 bits per heavy atom. The van der Waals surface area contributed by atoms with E-state index in [-0.39, 0.29) is 23.6 Å². The van der Waals surface area contributed by atoms with Gasteiger partial charge in [-0.3, -0.25) is 14.3 Å². The van der Waals surface area contributed by atoms with Crippen LogP contribution in [0.4, 0.5) is 10.5 Å². The summed E-state index contributed by atoms with van der Waals surface area (Å²) >= 11 is 1.27. The second-order valence-corrected chi connectivity index (χ2v) is 10.4. The third-order valence-corrected chi connectivity index (χ3v) is 7.16. The Morgan fingerprint density at radius 2 is 2.18 bits per heavy atom. The van der Waals surface area contributed by atoms with Gasteiger partial charge in [-0.05, 0) is 46.1 Å². The first-order valence-electron chi connectivity index (χ1n) is 9.07. The minimum atomic E-state index is -1.40. The lowest BCUT2D eigenvalue weighted by Crippen LogP contribution is -2.48. The zero-order valence-corrected chi connectivity index (χ0v) is 17.7. The van der Waals surface area contributed by atoms with Gasteiger partial charge in [-0.1, -0.05) is 0 Å². The smallest absolute Gasteiger partial charge is 0.410 e. The molecule has 0 spiro atoms. The quantitative estimate of drug-likeness (QED) is 0.540. The topological polar surface area (TPSA) is 103 Å². The first-order chi connectivity index (χ1) is 13.1. The number of aromatic nitrogens is 1. The van der Waals surface area contributed by atoms with E-state index >= 15 is 0 Å². The molecule has 2 aromatic rings. The number of nitro groups is 1. The van der Waals surface area contributed by atoms with Crippen molar-refractivity contribution in [2.75, 3.05) is 12.3 Å². The number of ether oxygens (including phenoxy) is 1. The Bertz CT molecular complexity index is 922. The maximum atomic E-state index is 12.9. The normalized spacial score (nSPS) is 18.8. The molecule has 1 aromatic heterocycles. The molecule has 2 atom stereocenters. The maximum absolute atomic E-state index is 12.9. The van der Waals surface area contributed by atoms with Crippen LogP contribution in [-0.2, 0) is 15.5 Å². The summed E-state index contributed by atoms with van der Waals surface area (Å²) in [4.78, 5) is 29.0. The fourth-order valence-electron chi connectivity index (χ4n) is 3.09. The fourth-order valence-corrected chi connectivity index (χ4v) is 5.65. The molecule has 1 aliphatic heterocycles. The number of nitro benzene ring substituents is 1. The van der Waals surface area contributed by atoms with E-state index < -0.39 is 21.3 Å². The molecule has 152 valence electrons. The van der Waals surface area contributed by atoms with Gasteiger partial charge in [0.1, 0.15) is 5.60 Å². The van der Waals surface area contributed by atoms with E-state index in [1.54, 1.807) is 11.0 Å². The second-order valence-electron chi connectivity index (χ2n) is 7.72. The second kappa shape index (κ2) is 8.12. The lowest BCUT2D eigenvalue weighted by Gasteiger charge is -2.36. The highest BCUT2D eigenvalue weighted by Gasteiger charge is 2.32. The minimum absolute atomic E-state index is 0.0430. The molecule has 0 saturated carbocycles. The largest absolute Gasteiger partial charge is 0.444 e. The summed E-state index contributed by atoms with van der Waals surface area (Å²) in [5.41, 5.74) is -0.159. The number of nitrogens with zero attached hydrogens (tertiary/aromatic N) is 3. The van der Waals surface area contributed by atoms with Gasteiger partial charge in [-0.2, -0.15) is 0 Å². The molecular weight excluding hydrogens is 402 g/mol. The average Bonchev–Trinajstić information content (AvgIpc) is 3.04. The number of fused-ring (bicyclic) bond motifs is 1. The third-order valence-electron chi connectivity index (χ3n) is 4.36. The number of carbonyl (C=O) groups is 1. The van der Waals surface area contributed by atoms with Crippen LogP contribution < -0.4 is 0 Å². The van der Waals surface area contributed by atoms with E-state index in [1.165, 1.54) is 23.5 Å². The lowest BCUT2D eigenvalue weighted by atomic mass is 10.0. The van der Waals surface area contributed by atoms with Crippen LogP contribution in [0, 0.1) is 10.1 Å². The average molecular weight is 426 g/mol. The molecular formula is C18H23N3O5S2. The molecule has 0 bridgehead atoms. The van der Waals surface area contributed by atoms with Gasteiger partial charge in [0.25, 0.3) is 5.69 Å². The number of likely N-dealkylation sites (tertiary alicyclic amines) is 1. The highest BCUT2D eigenvalue weighted by atomic mass is 32.2. The van der Waals surface area contributed by atoms with E-state index in [0.29, 0.717) is 16.4 Å². The first kappa shape index (κ1) is 20.7. The van der Waals surface area contributed by atoms with Crippen molar-refractivity contribution >= 4 is 44.1 Å². The SMILES string of the molecule is CC(C)(C)OC(=O)N1CCCCC1CS(=O)c1nc2cc([N+](=O)[O-])ccc2s1. The molecule has 1 amide bonds. The number of hydrogen-bond acceptors (Lipinski definition) is 7. The van der Waals surface area contributed by atoms with E-state index in [2.05, 4.69) is 4.98 Å². The van der Waals surface area contributed by atoms with Crippen LogP contribution in [0.2, 0.25) is 0 Å². The van der Waals surface area contributed by atoms with Crippen LogP contribution in [-0.4, -0.2) is 49.0 Å². The van der Waals surface area contributed by atoms with Gasteiger partial charge in [0.15, 0.2) is 4.34 Å². The van der Waals surface area contributed by atoms with Crippen molar-refractivity contribution in [3.8, 4) is 0 Å². The zero-order chi connectivity index (χ0) is 20.5. The summed E-state index contributed by atoms with van der Waals surface area (Å²) in [5, 5.41) is 10.9. The summed E-state index contributed by atoms with van der Waals surface area (Å²) < 4.78 is 19.6. The van der Waals surface area contributed by atoms with Crippen LogP contribution in [0.15, 0.2) is 22.5 Å². The van der Waals surface area contributed by atoms with Crippen molar-refractivity contribution < 1.29 is 18.7 Å². The van der Waals surface area contributed by atoms with E-state index in [0.717, 1.165) is 24.0 Å². The number of piperidine rings is 1. The van der Waals surface area contributed by atoms with Crippen molar-refractivity contribution in [2.24, 2.45) is 0 Å². The molecule has 1 aliphatic rings. The number of non-ortho nitro benzene ring substituents is 1. The summed E-state index contributed by atoms with van der Waals surface area (Å²) in [6.45, 7) is 6.05. The van der Waals surface area contributed by atoms with E-state index in [9.17, 15) is 19.1 Å². The van der Waals surface area contributed by atoms with Crippen molar-refractivity contribution in [3.05, 3.63) is 28.3 Å². The number of rotatable bonds is 4. The Balaban J connectivity index is 1.75. The predicted molar refractivity (Wildman–Crippen MR) is 108 cm³/mol. The number of hydrogen-bond donors (Lipinski definition) is 0. The minimum Gasteiger partial charge on any atom is -0.444 e. The van der Waals surface area contributed by atoms with Crippen molar-refractivity contribution in [3.63, 3.8) is 0 Å². The molecule has 0 aliphatic carbocycles. The molecule has 8 nitrogen and oxygen atoms in total. The number of amides is 1. The first-order valence-corrected chi connectivity index (χ1v) is 11.2. The number of thiazole rings is 1. The lowest BCUT2D eigenvalue weighted by molar-refractivity contribution is -0.384. The molecule has 0 N–H and O–H groups in total. The van der Waals surface area contributed by atoms with Crippen LogP contribution in [0.25, 0.3) is 10.2 Å². The molecule has 10 heteroatoms. The van der Waals surface area contributed by atoms with Crippen molar-refractivity contribution in [1.82, 2.24) is 9.88 Å². The van der Waals surface area contributed by atoms with Crippen LogP contribution in [0.1, 0.15) is 40.0 Å². The third kappa shape index (κ3) is 4.85. The number of benzene rings is 1. The van der Waals surface area contributed by atoms with Gasteiger partial charge in [-0.25, -0.2) is 9.78 Å². The molecule has 2 unspecified atom stereocenters. The summed E-state index contributed by atoms with van der Waals surface area (Å²) in [5.74, 6) is 0.279. The summed E-state index contributed by atoms with van der Waals surface area (Å²) in [6.07, 6.45) is 2.25. The maximum Gasteiger partial charge on any atom is 0.410 e. The molecule has 0 radical (unpaired) electrons. The molecule has 2 heterocycles. The predicted octanol–water partition coefficient (Wildman–Crippen LogP) is 4.10. The van der Waals surface area contributed by atoms with Gasteiger partial charge in [0, 0.05) is 24.7 Å². The summed E-state index contributed by atoms with van der Waals surface area (Å²) in [7, 11) is -1.40. The highest BCUT2D eigenvalue weighted by molar-refractivity contribution is 7.87.